The van der Waals surface area contributed by atoms with Crippen LogP contribution in [-0.2, 0) is 17.8 Å². The fraction of sp³-hybridized carbons (Fsp3) is 0.261. The van der Waals surface area contributed by atoms with Gasteiger partial charge in [0.05, 0.1) is 5.52 Å². The summed E-state index contributed by atoms with van der Waals surface area (Å²) in [5, 5.41) is 0.817. The average Bonchev–Trinajstić information content (AvgIpc) is 3.03. The number of carbonyl (C=O) groups is 1. The van der Waals surface area contributed by atoms with Crippen molar-refractivity contribution in [1.82, 2.24) is 4.57 Å². The maximum Gasteiger partial charge on any atom is 0.419 e. The van der Waals surface area contributed by atoms with Crippen LogP contribution < -0.4 is 16.1 Å². The van der Waals surface area contributed by atoms with Crippen molar-refractivity contribution in [3.63, 3.8) is 0 Å². The van der Waals surface area contributed by atoms with E-state index in [2.05, 4.69) is 0 Å². The molecule has 154 valence electrons. The zero-order valence-corrected chi connectivity index (χ0v) is 16.8. The van der Waals surface area contributed by atoms with Gasteiger partial charge in [0, 0.05) is 30.5 Å². The smallest absolute Gasteiger partial charge is 0.419 e. The Kier molecular flexibility index (Phi) is 5.27. The number of aromatic nitrogens is 1. The zero-order chi connectivity index (χ0) is 21.3. The second-order valence-corrected chi connectivity index (χ2v) is 7.12. The van der Waals surface area contributed by atoms with Gasteiger partial charge in [0.1, 0.15) is 11.3 Å². The third-order valence-corrected chi connectivity index (χ3v) is 5.07. The normalized spacial score (nSPS) is 11.3. The highest BCUT2D eigenvalue weighted by Crippen LogP contribution is 2.28. The molecule has 2 aromatic carbocycles. The zero-order valence-electron chi connectivity index (χ0n) is 16.8. The summed E-state index contributed by atoms with van der Waals surface area (Å²) in [5.41, 5.74) is 2.82. The van der Waals surface area contributed by atoms with E-state index < -0.39 is 17.4 Å². The van der Waals surface area contributed by atoms with Crippen molar-refractivity contribution in [2.45, 2.75) is 39.7 Å². The molecule has 0 bridgehead atoms. The van der Waals surface area contributed by atoms with Crippen molar-refractivity contribution in [2.24, 2.45) is 0 Å². The molecule has 0 N–H and O–H groups in total. The van der Waals surface area contributed by atoms with Crippen molar-refractivity contribution in [3.8, 4) is 5.75 Å². The molecule has 0 aliphatic heterocycles. The molecule has 2 aromatic heterocycles. The highest BCUT2D eigenvalue weighted by atomic mass is 16.5. The number of hydrogen-bond donors (Lipinski definition) is 0. The van der Waals surface area contributed by atoms with Gasteiger partial charge in [-0.25, -0.2) is 9.59 Å². The Bertz CT molecular complexity index is 1360. The molecule has 7 nitrogen and oxygen atoms in total. The van der Waals surface area contributed by atoms with Crippen LogP contribution in [-0.4, -0.2) is 10.5 Å². The number of hydrogen-bond acceptors (Lipinski definition) is 6. The number of fused-ring (bicyclic) bond motifs is 2. The van der Waals surface area contributed by atoms with Crippen LogP contribution in [0.25, 0.3) is 22.1 Å². The lowest BCUT2D eigenvalue weighted by atomic mass is 10.1. The number of ether oxygens (including phenoxy) is 1. The van der Waals surface area contributed by atoms with Gasteiger partial charge in [-0.1, -0.05) is 19.1 Å². The van der Waals surface area contributed by atoms with Crippen molar-refractivity contribution in [2.75, 3.05) is 0 Å². The summed E-state index contributed by atoms with van der Waals surface area (Å²) in [6.07, 6.45) is 1.21. The number of aryl methyl sites for hydroxylation is 3. The van der Waals surface area contributed by atoms with Gasteiger partial charge in [0.25, 0.3) is 0 Å². The largest absolute Gasteiger partial charge is 0.426 e. The van der Waals surface area contributed by atoms with Crippen LogP contribution in [0.15, 0.2) is 60.9 Å². The first-order valence-electron chi connectivity index (χ1n) is 9.82. The summed E-state index contributed by atoms with van der Waals surface area (Å²) in [4.78, 5) is 36.1. The van der Waals surface area contributed by atoms with Crippen LogP contribution in [0.1, 0.15) is 30.9 Å². The highest BCUT2D eigenvalue weighted by molar-refractivity contribution is 5.84. The first kappa shape index (κ1) is 19.7. The van der Waals surface area contributed by atoms with Crippen molar-refractivity contribution < 1.29 is 18.4 Å². The fourth-order valence-electron chi connectivity index (χ4n) is 3.54. The highest BCUT2D eigenvalue weighted by Gasteiger charge is 2.14. The molecule has 0 atom stereocenters. The summed E-state index contributed by atoms with van der Waals surface area (Å²) in [7, 11) is 0. The van der Waals surface area contributed by atoms with Crippen molar-refractivity contribution >= 4 is 28.0 Å². The van der Waals surface area contributed by atoms with E-state index in [-0.39, 0.29) is 6.42 Å². The number of carbonyl (C=O) groups excluding carboxylic acids is 1. The first-order chi connectivity index (χ1) is 14.5. The van der Waals surface area contributed by atoms with Crippen LogP contribution in [0.5, 0.6) is 5.75 Å². The third-order valence-electron chi connectivity index (χ3n) is 5.07. The van der Waals surface area contributed by atoms with Gasteiger partial charge in [-0.05, 0) is 49.1 Å². The molecule has 2 heterocycles. The minimum absolute atomic E-state index is 0.130. The molecule has 30 heavy (non-hydrogen) atoms. The lowest BCUT2D eigenvalue weighted by Crippen LogP contribution is -2.16. The Morgan fingerprint density at radius 3 is 2.67 bits per heavy atom. The van der Waals surface area contributed by atoms with Gasteiger partial charge in [0.2, 0.25) is 0 Å². The summed E-state index contributed by atoms with van der Waals surface area (Å²) < 4.78 is 17.5. The maximum absolute atomic E-state index is 12.4. The lowest BCUT2D eigenvalue weighted by Gasteiger charge is -2.11. The predicted octanol–water partition coefficient (Wildman–Crippen LogP) is 3.96. The van der Waals surface area contributed by atoms with E-state index in [1.54, 1.807) is 24.3 Å². The van der Waals surface area contributed by atoms with Crippen LogP contribution >= 0.6 is 0 Å². The minimum atomic E-state index is -0.447. The Morgan fingerprint density at radius 1 is 1.07 bits per heavy atom. The second kappa shape index (κ2) is 8.02. The Labute approximate surface area is 171 Å². The van der Waals surface area contributed by atoms with Gasteiger partial charge < -0.3 is 13.6 Å². The van der Waals surface area contributed by atoms with E-state index in [9.17, 15) is 14.4 Å². The predicted molar refractivity (Wildman–Crippen MR) is 112 cm³/mol. The van der Waals surface area contributed by atoms with E-state index in [0.717, 1.165) is 16.5 Å². The van der Waals surface area contributed by atoms with Crippen molar-refractivity contribution in [3.05, 3.63) is 74.6 Å². The quantitative estimate of drug-likeness (QED) is 0.273. The molecule has 0 unspecified atom stereocenters. The van der Waals surface area contributed by atoms with E-state index in [4.69, 9.17) is 13.6 Å². The van der Waals surface area contributed by atoms with Crippen molar-refractivity contribution in [1.29, 1.82) is 0 Å². The number of benzene rings is 2. The molecule has 0 amide bonds. The number of nitrogens with zero attached hydrogens (tertiary/aromatic N) is 1. The second-order valence-electron chi connectivity index (χ2n) is 7.12. The molecular weight excluding hydrogens is 386 g/mol. The SMILES string of the molecule is CCc1cc2c(C)cc(=O)oc2cc1OC(=O)CCCn1c(=O)oc2ccccc21. The van der Waals surface area contributed by atoms with E-state index in [1.807, 2.05) is 26.0 Å². The molecule has 0 aliphatic rings. The van der Waals surface area contributed by atoms with Crippen LogP contribution in [0, 0.1) is 6.92 Å². The molecule has 0 fully saturated rings. The van der Waals surface area contributed by atoms with Gasteiger partial charge >= 0.3 is 17.4 Å². The number of oxazole rings is 1. The average molecular weight is 407 g/mol. The van der Waals surface area contributed by atoms with Crippen LogP contribution in [0.3, 0.4) is 0 Å². The fourth-order valence-corrected chi connectivity index (χ4v) is 3.54. The minimum Gasteiger partial charge on any atom is -0.426 e. The Morgan fingerprint density at radius 2 is 1.87 bits per heavy atom. The van der Waals surface area contributed by atoms with Gasteiger partial charge in [-0.2, -0.15) is 0 Å². The molecule has 7 heteroatoms. The number of rotatable bonds is 6. The number of para-hydroxylation sites is 2. The molecule has 0 saturated carbocycles. The molecular formula is C23H21NO6. The standard InChI is InChI=1S/C23H21NO6/c1-3-15-12-16-14(2)11-22(26)29-20(16)13-19(15)28-21(25)9-6-10-24-17-7-4-5-8-18(17)30-23(24)27/h4-5,7-8,11-13H,3,6,9-10H2,1-2H3. The van der Waals surface area contributed by atoms with Crippen LogP contribution in [0.2, 0.25) is 0 Å². The topological polar surface area (TPSA) is 91.6 Å². The molecule has 0 spiro atoms. The van der Waals surface area contributed by atoms with E-state index in [1.165, 1.54) is 10.6 Å². The summed E-state index contributed by atoms with van der Waals surface area (Å²) in [6, 6.07) is 12.1. The summed E-state index contributed by atoms with van der Waals surface area (Å²) in [5.74, 6) is -0.479. The van der Waals surface area contributed by atoms with E-state index >= 15 is 0 Å². The third kappa shape index (κ3) is 3.78. The molecule has 0 saturated heterocycles. The molecule has 4 aromatic rings. The molecule has 4 rings (SSSR count). The van der Waals surface area contributed by atoms with Gasteiger partial charge in [-0.3, -0.25) is 9.36 Å². The van der Waals surface area contributed by atoms with Gasteiger partial charge in [0.15, 0.2) is 5.58 Å². The number of esters is 1. The van der Waals surface area contributed by atoms with Crippen LogP contribution in [0.4, 0.5) is 0 Å². The molecule has 0 radical (unpaired) electrons. The molecule has 0 aliphatic carbocycles. The Balaban J connectivity index is 1.48. The lowest BCUT2D eigenvalue weighted by molar-refractivity contribution is -0.134. The first-order valence-corrected chi connectivity index (χ1v) is 9.82. The monoisotopic (exact) mass is 407 g/mol. The Hall–Kier alpha value is -3.61. The summed E-state index contributed by atoms with van der Waals surface area (Å²) in [6.45, 7) is 4.15. The van der Waals surface area contributed by atoms with E-state index in [0.29, 0.717) is 41.8 Å². The maximum atomic E-state index is 12.4. The van der Waals surface area contributed by atoms with Gasteiger partial charge in [-0.15, -0.1) is 0 Å². The summed E-state index contributed by atoms with van der Waals surface area (Å²) >= 11 is 0.